The van der Waals surface area contributed by atoms with Crippen molar-refractivity contribution in [3.8, 4) is 0 Å². The Kier molecular flexibility index (Phi) is 6.18. The SMILES string of the molecule is O=C(O)C(F)(F)F.O=C(O)CNc1ccncc1. The maximum Gasteiger partial charge on any atom is 0.490 e. The lowest BCUT2D eigenvalue weighted by Gasteiger charge is -2.00. The summed E-state index contributed by atoms with van der Waals surface area (Å²) in [6, 6.07) is 3.42. The number of carbonyl (C=O) groups is 2. The van der Waals surface area contributed by atoms with Gasteiger partial charge in [-0.15, -0.1) is 0 Å². The number of anilines is 1. The van der Waals surface area contributed by atoms with Crippen LogP contribution in [0.15, 0.2) is 24.5 Å². The van der Waals surface area contributed by atoms with Crippen molar-refractivity contribution in [3.63, 3.8) is 0 Å². The zero-order chi connectivity index (χ0) is 14.2. The summed E-state index contributed by atoms with van der Waals surface area (Å²) in [5, 5.41) is 18.1. The third-order valence-electron chi connectivity index (χ3n) is 1.37. The summed E-state index contributed by atoms with van der Waals surface area (Å²) in [4.78, 5) is 22.8. The van der Waals surface area contributed by atoms with Crippen LogP contribution in [0.3, 0.4) is 0 Å². The van der Waals surface area contributed by atoms with Crippen molar-refractivity contribution in [2.24, 2.45) is 0 Å². The van der Waals surface area contributed by atoms with Crippen molar-refractivity contribution in [2.75, 3.05) is 11.9 Å². The molecule has 100 valence electrons. The number of hydrogen-bond donors (Lipinski definition) is 3. The number of aliphatic carboxylic acids is 2. The Hall–Kier alpha value is -2.32. The first-order valence-electron chi connectivity index (χ1n) is 4.39. The number of aromatic nitrogens is 1. The van der Waals surface area contributed by atoms with E-state index >= 15 is 0 Å². The molecule has 0 radical (unpaired) electrons. The smallest absolute Gasteiger partial charge is 0.480 e. The summed E-state index contributed by atoms with van der Waals surface area (Å²) in [6.07, 6.45) is -1.88. The third kappa shape index (κ3) is 7.91. The summed E-state index contributed by atoms with van der Waals surface area (Å²) in [6.45, 7) is -0.0655. The van der Waals surface area contributed by atoms with Gasteiger partial charge in [0.15, 0.2) is 0 Å². The van der Waals surface area contributed by atoms with Crippen molar-refractivity contribution >= 4 is 17.6 Å². The van der Waals surface area contributed by atoms with Gasteiger partial charge in [0.1, 0.15) is 6.54 Å². The summed E-state index contributed by atoms with van der Waals surface area (Å²) in [7, 11) is 0. The molecule has 0 fully saturated rings. The van der Waals surface area contributed by atoms with E-state index in [0.717, 1.165) is 5.69 Å². The molecule has 1 aromatic rings. The largest absolute Gasteiger partial charge is 0.490 e. The predicted molar refractivity (Wildman–Crippen MR) is 54.1 cm³/mol. The normalized spacial score (nSPS) is 9.94. The molecule has 0 aromatic carbocycles. The number of alkyl halides is 3. The number of nitrogens with one attached hydrogen (secondary N) is 1. The highest BCUT2D eigenvalue weighted by Gasteiger charge is 2.38. The van der Waals surface area contributed by atoms with Gasteiger partial charge in [0.25, 0.3) is 0 Å². The molecule has 0 unspecified atom stereocenters. The van der Waals surface area contributed by atoms with E-state index in [4.69, 9.17) is 15.0 Å². The highest BCUT2D eigenvalue weighted by molar-refractivity contribution is 5.73. The standard InChI is InChI=1S/C7H8N2O2.C2HF3O2/c10-7(11)5-9-6-1-3-8-4-2-6;3-2(4,5)1(6)7/h1-4H,5H2,(H,8,9)(H,10,11);(H,6,7). The second-order valence-electron chi connectivity index (χ2n) is 2.79. The fourth-order valence-electron chi connectivity index (χ4n) is 0.647. The minimum Gasteiger partial charge on any atom is -0.480 e. The quantitative estimate of drug-likeness (QED) is 0.760. The van der Waals surface area contributed by atoms with Crippen molar-refractivity contribution < 1.29 is 33.0 Å². The van der Waals surface area contributed by atoms with Crippen molar-refractivity contribution in [1.29, 1.82) is 0 Å². The number of rotatable bonds is 3. The lowest BCUT2D eigenvalue weighted by molar-refractivity contribution is -0.192. The minimum absolute atomic E-state index is 0.0655. The molecule has 0 saturated carbocycles. The molecule has 0 aliphatic carbocycles. The van der Waals surface area contributed by atoms with Gasteiger partial charge in [0.05, 0.1) is 0 Å². The molecule has 0 aliphatic heterocycles. The summed E-state index contributed by atoms with van der Waals surface area (Å²) in [5.41, 5.74) is 0.766. The number of pyridine rings is 1. The fourth-order valence-corrected chi connectivity index (χ4v) is 0.647. The number of hydrogen-bond acceptors (Lipinski definition) is 4. The monoisotopic (exact) mass is 266 g/mol. The van der Waals surface area contributed by atoms with E-state index in [1.165, 1.54) is 0 Å². The van der Waals surface area contributed by atoms with Gasteiger partial charge in [0, 0.05) is 18.1 Å². The molecule has 3 N–H and O–H groups in total. The van der Waals surface area contributed by atoms with E-state index in [1.807, 2.05) is 0 Å². The molecule has 0 bridgehead atoms. The molecule has 0 saturated heterocycles. The van der Waals surface area contributed by atoms with Gasteiger partial charge in [-0.3, -0.25) is 9.78 Å². The van der Waals surface area contributed by atoms with E-state index in [1.54, 1.807) is 24.5 Å². The van der Waals surface area contributed by atoms with E-state index in [0.29, 0.717) is 0 Å². The van der Waals surface area contributed by atoms with Crippen LogP contribution in [0.2, 0.25) is 0 Å². The average Bonchev–Trinajstić information content (AvgIpc) is 2.27. The topological polar surface area (TPSA) is 99.5 Å². The van der Waals surface area contributed by atoms with Crippen molar-refractivity contribution in [3.05, 3.63) is 24.5 Å². The zero-order valence-electron chi connectivity index (χ0n) is 8.81. The maximum absolute atomic E-state index is 10.6. The Morgan fingerprint density at radius 2 is 1.67 bits per heavy atom. The molecular formula is C9H9F3N2O4. The molecular weight excluding hydrogens is 257 g/mol. The molecule has 18 heavy (non-hydrogen) atoms. The molecule has 1 rings (SSSR count). The highest BCUT2D eigenvalue weighted by Crippen LogP contribution is 2.13. The van der Waals surface area contributed by atoms with E-state index < -0.39 is 18.1 Å². The van der Waals surface area contributed by atoms with Crippen LogP contribution in [0.4, 0.5) is 18.9 Å². The summed E-state index contributed by atoms with van der Waals surface area (Å²) < 4.78 is 31.7. The second-order valence-corrected chi connectivity index (χ2v) is 2.79. The van der Waals surface area contributed by atoms with Gasteiger partial charge < -0.3 is 15.5 Å². The lowest BCUT2D eigenvalue weighted by Crippen LogP contribution is -2.21. The van der Waals surface area contributed by atoms with Crippen molar-refractivity contribution in [2.45, 2.75) is 6.18 Å². The molecule has 0 aliphatic rings. The fraction of sp³-hybridized carbons (Fsp3) is 0.222. The summed E-state index contributed by atoms with van der Waals surface area (Å²) in [5.74, 6) is -3.63. The zero-order valence-corrected chi connectivity index (χ0v) is 8.81. The Labute approximate surface area is 99.1 Å². The number of carboxylic acids is 2. The number of carboxylic acid groups (broad SMARTS) is 2. The maximum atomic E-state index is 10.6. The van der Waals surface area contributed by atoms with Gasteiger partial charge in [-0.05, 0) is 12.1 Å². The van der Waals surface area contributed by atoms with Gasteiger partial charge in [-0.1, -0.05) is 0 Å². The van der Waals surface area contributed by atoms with Gasteiger partial charge in [-0.2, -0.15) is 13.2 Å². The molecule has 1 aromatic heterocycles. The molecule has 1 heterocycles. The Morgan fingerprint density at radius 1 is 1.22 bits per heavy atom. The van der Waals surface area contributed by atoms with E-state index in [-0.39, 0.29) is 6.54 Å². The van der Waals surface area contributed by atoms with E-state index in [9.17, 15) is 18.0 Å². The highest BCUT2D eigenvalue weighted by atomic mass is 19.4. The first-order chi connectivity index (χ1) is 8.23. The molecule has 0 atom stereocenters. The Balaban J connectivity index is 0.000000360. The van der Waals surface area contributed by atoms with Crippen LogP contribution in [-0.2, 0) is 9.59 Å². The Bertz CT molecular complexity index is 395. The lowest BCUT2D eigenvalue weighted by atomic mass is 10.4. The van der Waals surface area contributed by atoms with Crippen LogP contribution in [-0.4, -0.2) is 39.9 Å². The van der Waals surface area contributed by atoms with Gasteiger partial charge >= 0.3 is 18.1 Å². The van der Waals surface area contributed by atoms with Gasteiger partial charge in [-0.25, -0.2) is 4.79 Å². The number of halogens is 3. The van der Waals surface area contributed by atoms with E-state index in [2.05, 4.69) is 10.3 Å². The molecule has 0 spiro atoms. The third-order valence-corrected chi connectivity index (χ3v) is 1.37. The second kappa shape index (κ2) is 7.09. The van der Waals surface area contributed by atoms with Crippen LogP contribution in [0, 0.1) is 0 Å². The van der Waals surface area contributed by atoms with Crippen LogP contribution >= 0.6 is 0 Å². The van der Waals surface area contributed by atoms with Crippen LogP contribution in [0.5, 0.6) is 0 Å². The minimum atomic E-state index is -5.08. The number of nitrogens with zero attached hydrogens (tertiary/aromatic N) is 1. The molecule has 6 nitrogen and oxygen atoms in total. The predicted octanol–water partition coefficient (Wildman–Crippen LogP) is 1.21. The molecule has 9 heteroatoms. The van der Waals surface area contributed by atoms with Crippen LogP contribution in [0.1, 0.15) is 0 Å². The van der Waals surface area contributed by atoms with Gasteiger partial charge in [0.2, 0.25) is 0 Å². The first kappa shape index (κ1) is 15.7. The average molecular weight is 266 g/mol. The van der Waals surface area contributed by atoms with Crippen LogP contribution in [0.25, 0.3) is 0 Å². The first-order valence-corrected chi connectivity index (χ1v) is 4.39. The van der Waals surface area contributed by atoms with Crippen molar-refractivity contribution in [1.82, 2.24) is 4.98 Å². The summed E-state index contributed by atoms with van der Waals surface area (Å²) >= 11 is 0. The van der Waals surface area contributed by atoms with Crippen LogP contribution < -0.4 is 5.32 Å². The molecule has 0 amide bonds. The Morgan fingerprint density at radius 3 is 2.00 bits per heavy atom.